The van der Waals surface area contributed by atoms with Gasteiger partial charge in [0.25, 0.3) is 0 Å². The van der Waals surface area contributed by atoms with Gasteiger partial charge in [0.2, 0.25) is 0 Å². The smallest absolute Gasteiger partial charge is 0.416 e. The summed E-state index contributed by atoms with van der Waals surface area (Å²) in [4.78, 5) is 55.3. The lowest BCUT2D eigenvalue weighted by atomic mass is 9.78. The van der Waals surface area contributed by atoms with E-state index in [4.69, 9.17) is 4.42 Å². The predicted molar refractivity (Wildman–Crippen MR) is 339 cm³/mol. The highest BCUT2D eigenvalue weighted by Crippen LogP contribution is 2.46. The third kappa shape index (κ3) is 12.7. The lowest BCUT2D eigenvalue weighted by Crippen LogP contribution is -2.28. The number of carbonyl (C=O) groups excluding carboxylic acids is 4. The van der Waals surface area contributed by atoms with Crippen LogP contribution in [0.25, 0.3) is 61.7 Å². The Balaban J connectivity index is 0.000000123. The van der Waals surface area contributed by atoms with Crippen molar-refractivity contribution in [1.29, 1.82) is 0 Å². The van der Waals surface area contributed by atoms with Crippen molar-refractivity contribution in [2.45, 2.75) is 104 Å². The molecule has 12 heteroatoms. The number of hydrogen-bond acceptors (Lipinski definition) is 6. The molecule has 0 amide bonds. The molecule has 4 atom stereocenters. The molecular weight excluding hydrogens is 1130 g/mol. The molecule has 0 radical (unpaired) electrons. The summed E-state index contributed by atoms with van der Waals surface area (Å²) < 4.78 is 84.6. The first-order chi connectivity index (χ1) is 42.7. The Morgan fingerprint density at radius 1 is 0.584 bits per heavy atom. The van der Waals surface area contributed by atoms with Gasteiger partial charge in [-0.25, -0.2) is 0 Å². The maximum atomic E-state index is 13.2. The van der Waals surface area contributed by atoms with Crippen LogP contribution >= 0.6 is 0 Å². The normalized spacial score (nSPS) is 18.5. The maximum absolute atomic E-state index is 13.2. The third-order valence-corrected chi connectivity index (χ3v) is 18.5. The summed E-state index contributed by atoms with van der Waals surface area (Å²) in [5.41, 5.74) is 12.7. The van der Waals surface area contributed by atoms with Crippen molar-refractivity contribution in [3.05, 3.63) is 238 Å². The second-order valence-electron chi connectivity index (χ2n) is 24.5. The quantitative estimate of drug-likeness (QED) is 0.141. The van der Waals surface area contributed by atoms with Crippen LogP contribution in [0.5, 0.6) is 0 Å². The van der Waals surface area contributed by atoms with Gasteiger partial charge in [0, 0.05) is 57.3 Å². The first-order valence-electron chi connectivity index (χ1n) is 30.7. The summed E-state index contributed by atoms with van der Waals surface area (Å²) in [6.45, 7) is 11.9. The van der Waals surface area contributed by atoms with Crippen molar-refractivity contribution in [2.24, 2.45) is 35.5 Å². The molecule has 0 saturated heterocycles. The molecular formula is C77H69F6NO5. The Hall–Kier alpha value is -8.77. The van der Waals surface area contributed by atoms with Crippen molar-refractivity contribution >= 4 is 40.0 Å². The molecule has 0 bridgehead atoms. The topological polar surface area (TPSA) is 94.3 Å². The number of halogens is 6. The maximum Gasteiger partial charge on any atom is 0.416 e. The van der Waals surface area contributed by atoms with E-state index in [1.165, 1.54) is 43.2 Å². The van der Waals surface area contributed by atoms with Crippen LogP contribution < -0.4 is 0 Å². The number of aryl methyl sites for hydroxylation is 1. The fourth-order valence-corrected chi connectivity index (χ4v) is 14.0. The largest absolute Gasteiger partial charge is 0.464 e. The molecule has 4 unspecified atom stereocenters. The van der Waals surface area contributed by atoms with Gasteiger partial charge in [-0.2, -0.15) is 26.3 Å². The first-order valence-corrected chi connectivity index (χ1v) is 30.7. The number of ketones is 4. The molecule has 1 saturated carbocycles. The summed E-state index contributed by atoms with van der Waals surface area (Å²) in [7, 11) is 0. The number of furan rings is 1. The zero-order valence-corrected chi connectivity index (χ0v) is 50.2. The lowest BCUT2D eigenvalue weighted by Gasteiger charge is -2.26. The van der Waals surface area contributed by atoms with Gasteiger partial charge in [-0.1, -0.05) is 167 Å². The van der Waals surface area contributed by atoms with Crippen LogP contribution in [0.4, 0.5) is 26.3 Å². The van der Waals surface area contributed by atoms with Crippen molar-refractivity contribution in [2.75, 3.05) is 0 Å². The van der Waals surface area contributed by atoms with Crippen LogP contribution in [-0.4, -0.2) is 34.3 Å². The Kier molecular flexibility index (Phi) is 17.9. The number of benzene rings is 7. The number of hydrogen-bond donors (Lipinski definition) is 0. The molecule has 0 aliphatic heterocycles. The van der Waals surface area contributed by atoms with Gasteiger partial charge in [-0.3, -0.25) is 24.2 Å². The Bertz CT molecular complexity index is 4130. The molecule has 1 fully saturated rings. The number of nitrogens with zero attached hydrogens (tertiary/aromatic N) is 1. The standard InChI is InChI=1S/C21H23NO.C20H13F3O.C19H17F3O.C17H16O2/c1-14-11-16-13-17(15-7-3-2-4-8-15)21(23)20(16)18(12-14)19-9-5-6-10-22-19;21-20(22,23)17-11-13-7-4-10-16(18(13)19(17)24)15-9-3-6-12-5-1-2-8-14(12)15;1-11(2)15-9-13-8-14(19(20,21)22)10-16(17(13)18(15)23)12-6-4-3-5-7-12;1-3-11-8-13-10-12(4-2)17(18)16(13)14(9-11)15-6-5-7-19-15/h5-6,9-12,15,17H,2-4,7-8,13H2,1H3;1-10,17H,11H2;3-8,10-11,15H,9H2,1-2H3;3,5-9,12H,1,4,10H2,2H3. The number of pyridine rings is 1. The van der Waals surface area contributed by atoms with Crippen molar-refractivity contribution in [3.8, 4) is 44.8 Å². The molecule has 5 aliphatic carbocycles. The fourth-order valence-electron chi connectivity index (χ4n) is 14.0. The molecule has 89 heavy (non-hydrogen) atoms. The molecule has 14 rings (SSSR count). The fraction of sp³-hybridized carbons (Fsp3) is 0.286. The molecule has 6 nitrogen and oxygen atoms in total. The van der Waals surface area contributed by atoms with E-state index in [0.29, 0.717) is 51.5 Å². The van der Waals surface area contributed by atoms with Crippen molar-refractivity contribution in [3.63, 3.8) is 0 Å². The zero-order valence-electron chi connectivity index (χ0n) is 50.2. The van der Waals surface area contributed by atoms with Crippen LogP contribution in [0.1, 0.15) is 140 Å². The zero-order chi connectivity index (χ0) is 62.9. The minimum absolute atomic E-state index is 0.0393. The van der Waals surface area contributed by atoms with Gasteiger partial charge in [-0.05, 0) is 173 Å². The van der Waals surface area contributed by atoms with Crippen LogP contribution in [-0.2, 0) is 31.9 Å². The van der Waals surface area contributed by atoms with Gasteiger partial charge in [-0.15, -0.1) is 0 Å². The van der Waals surface area contributed by atoms with E-state index in [1.54, 1.807) is 54.8 Å². The van der Waals surface area contributed by atoms with Gasteiger partial charge in [0.15, 0.2) is 23.1 Å². The molecule has 7 aromatic carbocycles. The van der Waals surface area contributed by atoms with E-state index in [1.807, 2.05) is 105 Å². The third-order valence-electron chi connectivity index (χ3n) is 18.5. The van der Waals surface area contributed by atoms with E-state index in [2.05, 4.69) is 43.6 Å². The molecule has 454 valence electrons. The second kappa shape index (κ2) is 25.7. The number of fused-ring (bicyclic) bond motifs is 5. The minimum atomic E-state index is -4.51. The van der Waals surface area contributed by atoms with Crippen LogP contribution in [0.2, 0.25) is 0 Å². The lowest BCUT2D eigenvalue weighted by molar-refractivity contribution is -0.158. The van der Waals surface area contributed by atoms with Crippen LogP contribution in [0.15, 0.2) is 181 Å². The molecule has 2 heterocycles. The van der Waals surface area contributed by atoms with Gasteiger partial charge >= 0.3 is 12.4 Å². The van der Waals surface area contributed by atoms with Crippen molar-refractivity contribution < 1.29 is 49.9 Å². The Labute approximate surface area is 515 Å². The van der Waals surface area contributed by atoms with Crippen LogP contribution in [0.3, 0.4) is 0 Å². The molecule has 9 aromatic rings. The van der Waals surface area contributed by atoms with E-state index in [9.17, 15) is 45.5 Å². The average molecular weight is 1200 g/mol. The highest BCUT2D eigenvalue weighted by Gasteiger charge is 2.50. The number of carbonyl (C=O) groups is 4. The molecule has 5 aliphatic rings. The summed E-state index contributed by atoms with van der Waals surface area (Å²) in [5.74, 6) is -0.646. The number of rotatable bonds is 8. The van der Waals surface area contributed by atoms with E-state index < -0.39 is 29.6 Å². The second-order valence-corrected chi connectivity index (χ2v) is 24.5. The first kappa shape index (κ1) is 61.9. The summed E-state index contributed by atoms with van der Waals surface area (Å²) >= 11 is 0. The highest BCUT2D eigenvalue weighted by molar-refractivity contribution is 6.12. The highest BCUT2D eigenvalue weighted by atomic mass is 19.4. The molecule has 0 N–H and O–H groups in total. The average Bonchev–Trinajstić information content (AvgIpc) is 1.77. The van der Waals surface area contributed by atoms with E-state index >= 15 is 0 Å². The Morgan fingerprint density at radius 2 is 1.25 bits per heavy atom. The van der Waals surface area contributed by atoms with Crippen molar-refractivity contribution in [1.82, 2.24) is 4.98 Å². The van der Waals surface area contributed by atoms with Crippen LogP contribution in [0, 0.1) is 42.4 Å². The summed E-state index contributed by atoms with van der Waals surface area (Å²) in [6.07, 6.45) is 5.46. The molecule has 0 spiro atoms. The van der Waals surface area contributed by atoms with Gasteiger partial charge in [0.1, 0.15) is 11.7 Å². The van der Waals surface area contributed by atoms with Gasteiger partial charge < -0.3 is 4.42 Å². The predicted octanol–water partition coefficient (Wildman–Crippen LogP) is 20.2. The summed E-state index contributed by atoms with van der Waals surface area (Å²) in [6, 6.07) is 47.5. The van der Waals surface area contributed by atoms with E-state index in [-0.39, 0.29) is 47.2 Å². The van der Waals surface area contributed by atoms with E-state index in [0.717, 1.165) is 92.6 Å². The SMILES string of the molecule is C=Cc1cc2c(c(-c3ccco3)c1)C(=O)C(CC)C2.CC(C)C1Cc2cc(C(F)(F)F)cc(-c3ccccc3)c2C1=O.Cc1cc2c(c(-c3ccccn3)c1)C(=O)C(C1CCCCC1)C2.O=C1c2c(cccc2-c2cccc3ccccc23)CC1C(F)(F)F. The number of alkyl halides is 6. The Morgan fingerprint density at radius 3 is 1.93 bits per heavy atom. The monoisotopic (exact) mass is 1200 g/mol. The number of aromatic nitrogens is 1. The number of Topliss-reactive ketones (excluding diaryl/α,β-unsaturated/α-hetero) is 4. The molecule has 2 aromatic heterocycles. The minimum Gasteiger partial charge on any atom is -0.464 e. The summed E-state index contributed by atoms with van der Waals surface area (Å²) in [5, 5.41) is 1.92. The van der Waals surface area contributed by atoms with Gasteiger partial charge in [0.05, 0.1) is 17.5 Å².